The Morgan fingerprint density at radius 3 is 2.87 bits per heavy atom. The predicted octanol–water partition coefficient (Wildman–Crippen LogP) is 2.88. The second kappa shape index (κ2) is 7.73. The third-order valence-corrected chi connectivity index (χ3v) is 4.74. The van der Waals surface area contributed by atoms with E-state index in [4.69, 9.17) is 4.74 Å². The number of aromatic nitrogens is 1. The van der Waals surface area contributed by atoms with Gasteiger partial charge in [0.2, 0.25) is 0 Å². The van der Waals surface area contributed by atoms with Crippen LogP contribution < -0.4 is 5.32 Å². The van der Waals surface area contributed by atoms with Crippen molar-refractivity contribution in [3.8, 4) is 0 Å². The van der Waals surface area contributed by atoms with Crippen LogP contribution in [-0.2, 0) is 4.74 Å². The van der Waals surface area contributed by atoms with Crippen molar-refractivity contribution in [2.75, 3.05) is 26.3 Å². The molecule has 2 amide bonds. The number of ether oxygens (including phenoxy) is 1. The molecule has 5 nitrogen and oxygen atoms in total. The van der Waals surface area contributed by atoms with Crippen LogP contribution in [0.1, 0.15) is 43.8 Å². The Balaban J connectivity index is 1.60. The molecule has 1 aromatic rings. The van der Waals surface area contributed by atoms with Crippen molar-refractivity contribution < 1.29 is 13.9 Å². The number of amides is 2. The molecule has 23 heavy (non-hydrogen) atoms. The molecule has 3 rings (SSSR count). The number of pyridine rings is 1. The number of hydrogen-bond donors (Lipinski definition) is 1. The van der Waals surface area contributed by atoms with Crippen LogP contribution in [-0.4, -0.2) is 42.2 Å². The number of carbonyl (C=O) groups excluding carboxylic acids is 1. The third kappa shape index (κ3) is 4.19. The lowest BCUT2D eigenvalue weighted by Gasteiger charge is -2.36. The number of nitrogens with zero attached hydrogens (tertiary/aromatic N) is 2. The van der Waals surface area contributed by atoms with Gasteiger partial charge in [0.1, 0.15) is 5.82 Å². The van der Waals surface area contributed by atoms with Gasteiger partial charge >= 0.3 is 6.03 Å². The van der Waals surface area contributed by atoms with Crippen molar-refractivity contribution >= 4 is 6.03 Å². The van der Waals surface area contributed by atoms with Gasteiger partial charge in [-0.15, -0.1) is 0 Å². The molecule has 0 bridgehead atoms. The second-order valence-corrected chi connectivity index (χ2v) is 6.35. The van der Waals surface area contributed by atoms with Crippen LogP contribution in [0.15, 0.2) is 18.3 Å². The molecule has 3 heterocycles. The zero-order chi connectivity index (χ0) is 16.1. The molecule has 2 aliphatic rings. The van der Waals surface area contributed by atoms with Gasteiger partial charge in [0, 0.05) is 26.3 Å². The number of likely N-dealkylation sites (tertiary alicyclic amines) is 1. The van der Waals surface area contributed by atoms with E-state index in [1.807, 2.05) is 4.90 Å². The van der Waals surface area contributed by atoms with Crippen LogP contribution >= 0.6 is 0 Å². The van der Waals surface area contributed by atoms with E-state index < -0.39 is 0 Å². The van der Waals surface area contributed by atoms with Crippen molar-refractivity contribution in [1.82, 2.24) is 15.2 Å². The van der Waals surface area contributed by atoms with Crippen molar-refractivity contribution in [3.05, 3.63) is 29.8 Å². The van der Waals surface area contributed by atoms with E-state index in [0.29, 0.717) is 12.5 Å². The van der Waals surface area contributed by atoms with Crippen molar-refractivity contribution in [2.24, 2.45) is 5.92 Å². The van der Waals surface area contributed by atoms with Crippen LogP contribution in [0.2, 0.25) is 0 Å². The molecule has 2 saturated heterocycles. The standard InChI is InChI=1S/C17H24FN3O2/c18-14-4-5-15(19-12-14)16-3-1-2-8-21(16)17(22)20-11-13-6-9-23-10-7-13/h4-5,12-13,16H,1-3,6-11H2,(H,20,22). The monoisotopic (exact) mass is 321 g/mol. The average molecular weight is 321 g/mol. The molecule has 2 aliphatic heterocycles. The number of nitrogens with one attached hydrogen (secondary N) is 1. The first kappa shape index (κ1) is 16.2. The molecule has 0 saturated carbocycles. The highest BCUT2D eigenvalue weighted by Gasteiger charge is 2.29. The normalized spacial score (nSPS) is 22.8. The topological polar surface area (TPSA) is 54.5 Å². The van der Waals surface area contributed by atoms with Crippen molar-refractivity contribution in [2.45, 2.75) is 38.1 Å². The van der Waals surface area contributed by atoms with Gasteiger partial charge in [-0.2, -0.15) is 0 Å². The molecular weight excluding hydrogens is 297 g/mol. The highest BCUT2D eigenvalue weighted by Crippen LogP contribution is 2.29. The Kier molecular flexibility index (Phi) is 5.43. The Labute approximate surface area is 136 Å². The van der Waals surface area contributed by atoms with Gasteiger partial charge in [-0.05, 0) is 50.2 Å². The molecule has 1 atom stereocenters. The average Bonchev–Trinajstić information content (AvgIpc) is 2.61. The number of hydrogen-bond acceptors (Lipinski definition) is 3. The van der Waals surface area contributed by atoms with Gasteiger partial charge in [-0.25, -0.2) is 9.18 Å². The summed E-state index contributed by atoms with van der Waals surface area (Å²) in [7, 11) is 0. The maximum Gasteiger partial charge on any atom is 0.317 e. The van der Waals surface area contributed by atoms with Gasteiger partial charge in [-0.1, -0.05) is 0 Å². The number of urea groups is 1. The predicted molar refractivity (Wildman–Crippen MR) is 84.4 cm³/mol. The van der Waals surface area contributed by atoms with E-state index in [0.717, 1.165) is 57.6 Å². The molecule has 1 aromatic heterocycles. The van der Waals surface area contributed by atoms with Gasteiger partial charge in [0.05, 0.1) is 17.9 Å². The highest BCUT2D eigenvalue weighted by atomic mass is 19.1. The summed E-state index contributed by atoms with van der Waals surface area (Å²) in [6.45, 7) is 2.99. The lowest BCUT2D eigenvalue weighted by molar-refractivity contribution is 0.0657. The van der Waals surface area contributed by atoms with E-state index in [-0.39, 0.29) is 17.9 Å². The molecule has 1 unspecified atom stereocenters. The Morgan fingerprint density at radius 2 is 2.13 bits per heavy atom. The molecular formula is C17H24FN3O2. The highest BCUT2D eigenvalue weighted by molar-refractivity contribution is 5.74. The Hall–Kier alpha value is -1.69. The lowest BCUT2D eigenvalue weighted by Crippen LogP contribution is -2.46. The van der Waals surface area contributed by atoms with Gasteiger partial charge in [0.15, 0.2) is 0 Å². The largest absolute Gasteiger partial charge is 0.381 e. The molecule has 6 heteroatoms. The molecule has 2 fully saturated rings. The van der Waals surface area contributed by atoms with Crippen LogP contribution in [0.5, 0.6) is 0 Å². The molecule has 0 radical (unpaired) electrons. The van der Waals surface area contributed by atoms with Crippen LogP contribution in [0.3, 0.4) is 0 Å². The minimum Gasteiger partial charge on any atom is -0.381 e. The minimum atomic E-state index is -0.347. The van der Waals surface area contributed by atoms with Crippen LogP contribution in [0.25, 0.3) is 0 Å². The van der Waals surface area contributed by atoms with E-state index in [2.05, 4.69) is 10.3 Å². The summed E-state index contributed by atoms with van der Waals surface area (Å²) in [5.41, 5.74) is 0.771. The Bertz CT molecular complexity index is 517. The van der Waals surface area contributed by atoms with Gasteiger partial charge < -0.3 is 15.0 Å². The zero-order valence-corrected chi connectivity index (χ0v) is 13.3. The quantitative estimate of drug-likeness (QED) is 0.931. The van der Waals surface area contributed by atoms with Crippen LogP contribution in [0.4, 0.5) is 9.18 Å². The smallest absolute Gasteiger partial charge is 0.317 e. The third-order valence-electron chi connectivity index (χ3n) is 4.74. The molecule has 0 aliphatic carbocycles. The van der Waals surface area contributed by atoms with Gasteiger partial charge in [-0.3, -0.25) is 4.98 Å². The molecule has 1 N–H and O–H groups in total. The summed E-state index contributed by atoms with van der Waals surface area (Å²) in [5, 5.41) is 3.06. The van der Waals surface area contributed by atoms with E-state index >= 15 is 0 Å². The summed E-state index contributed by atoms with van der Waals surface area (Å²) >= 11 is 0. The van der Waals surface area contributed by atoms with Crippen molar-refractivity contribution in [1.29, 1.82) is 0 Å². The first-order chi connectivity index (χ1) is 11.2. The fourth-order valence-corrected chi connectivity index (χ4v) is 3.35. The van der Waals surface area contributed by atoms with E-state index in [1.165, 1.54) is 12.3 Å². The zero-order valence-electron chi connectivity index (χ0n) is 13.3. The number of carbonyl (C=O) groups is 1. The van der Waals surface area contributed by atoms with E-state index in [1.54, 1.807) is 6.07 Å². The molecule has 126 valence electrons. The number of rotatable bonds is 3. The van der Waals surface area contributed by atoms with Crippen molar-refractivity contribution in [3.63, 3.8) is 0 Å². The summed E-state index contributed by atoms with van der Waals surface area (Å²) in [4.78, 5) is 18.6. The summed E-state index contributed by atoms with van der Waals surface area (Å²) in [6.07, 6.45) is 6.17. The first-order valence-corrected chi connectivity index (χ1v) is 8.47. The number of halogens is 1. The lowest BCUT2D eigenvalue weighted by atomic mass is 9.98. The number of piperidine rings is 1. The summed E-state index contributed by atoms with van der Waals surface area (Å²) in [6, 6.07) is 3.01. The minimum absolute atomic E-state index is 0.0349. The maximum absolute atomic E-state index is 13.1. The fourth-order valence-electron chi connectivity index (χ4n) is 3.35. The fraction of sp³-hybridized carbons (Fsp3) is 0.647. The molecule has 0 aromatic carbocycles. The Morgan fingerprint density at radius 1 is 1.30 bits per heavy atom. The SMILES string of the molecule is O=C(NCC1CCOCC1)N1CCCCC1c1ccc(F)cn1. The van der Waals surface area contributed by atoms with Crippen LogP contribution in [0, 0.1) is 11.7 Å². The van der Waals surface area contributed by atoms with Gasteiger partial charge in [0.25, 0.3) is 0 Å². The summed E-state index contributed by atoms with van der Waals surface area (Å²) in [5.74, 6) is 0.153. The maximum atomic E-state index is 13.1. The van der Waals surface area contributed by atoms with E-state index in [9.17, 15) is 9.18 Å². The first-order valence-electron chi connectivity index (χ1n) is 8.47. The molecule has 0 spiro atoms. The second-order valence-electron chi connectivity index (χ2n) is 6.35. The summed E-state index contributed by atoms with van der Waals surface area (Å²) < 4.78 is 18.4.